The number of aromatic nitrogens is 2. The maximum atomic E-state index is 12.5. The lowest BCUT2D eigenvalue weighted by Gasteiger charge is -2.17. The number of aryl methyl sites for hydroxylation is 1. The third-order valence-corrected chi connectivity index (χ3v) is 4.06. The molecule has 0 unspecified atom stereocenters. The highest BCUT2D eigenvalue weighted by Gasteiger charge is 2.12. The minimum atomic E-state index is -2.93. The summed E-state index contributed by atoms with van der Waals surface area (Å²) in [5.41, 5.74) is 1.73. The minimum Gasteiger partial charge on any atom is -0.490 e. The summed E-state index contributed by atoms with van der Waals surface area (Å²) in [6.45, 7) is -0.692. The van der Waals surface area contributed by atoms with Gasteiger partial charge in [-0.05, 0) is 24.1 Å². The van der Waals surface area contributed by atoms with Crippen LogP contribution in [0.1, 0.15) is 11.1 Å². The van der Waals surface area contributed by atoms with E-state index in [1.807, 2.05) is 30.3 Å². The first-order valence-corrected chi connectivity index (χ1v) is 8.48. The largest absolute Gasteiger partial charge is 0.490 e. The quantitative estimate of drug-likeness (QED) is 0.665. The van der Waals surface area contributed by atoms with Crippen LogP contribution in [0.5, 0.6) is 11.5 Å². The van der Waals surface area contributed by atoms with Gasteiger partial charge in [-0.25, -0.2) is 0 Å². The number of rotatable bonds is 7. The first-order valence-electron chi connectivity index (χ1n) is 8.48. The molecule has 0 aliphatic rings. The van der Waals surface area contributed by atoms with Crippen molar-refractivity contribution in [3.63, 3.8) is 0 Å². The zero-order valence-electron chi connectivity index (χ0n) is 15.4. The normalized spacial score (nSPS) is 10.8. The minimum absolute atomic E-state index is 0.00793. The van der Waals surface area contributed by atoms with E-state index in [0.717, 1.165) is 11.1 Å². The van der Waals surface area contributed by atoms with Gasteiger partial charge in [0.15, 0.2) is 0 Å². The number of hydrogen-bond acceptors (Lipinski definition) is 5. The predicted octanol–water partition coefficient (Wildman–Crippen LogP) is 3.95. The van der Waals surface area contributed by atoms with Crippen molar-refractivity contribution < 1.29 is 18.3 Å². The van der Waals surface area contributed by atoms with Crippen molar-refractivity contribution in [2.24, 2.45) is 0 Å². The molecular formula is C20H19F2N3O3. The number of ether oxygens (including phenoxy) is 2. The average Bonchev–Trinajstić information content (AvgIpc) is 2.67. The molecule has 0 radical (unpaired) electrons. The molecule has 0 aliphatic carbocycles. The van der Waals surface area contributed by atoms with E-state index < -0.39 is 12.2 Å². The van der Waals surface area contributed by atoms with E-state index in [2.05, 4.69) is 15.0 Å². The lowest BCUT2D eigenvalue weighted by atomic mass is 10.2. The Labute approximate surface area is 160 Å². The van der Waals surface area contributed by atoms with Crippen molar-refractivity contribution >= 4 is 11.6 Å². The molecule has 0 spiro atoms. The van der Waals surface area contributed by atoms with Gasteiger partial charge in [0.1, 0.15) is 5.75 Å². The Bertz CT molecular complexity index is 1010. The van der Waals surface area contributed by atoms with Crippen molar-refractivity contribution in [2.75, 3.05) is 12.4 Å². The zero-order chi connectivity index (χ0) is 20.1. The Morgan fingerprint density at radius 1 is 1.18 bits per heavy atom. The molecule has 146 valence electrons. The van der Waals surface area contributed by atoms with Crippen molar-refractivity contribution in [3.05, 3.63) is 76.2 Å². The molecule has 8 heteroatoms. The second-order valence-electron chi connectivity index (χ2n) is 6.03. The van der Waals surface area contributed by atoms with Gasteiger partial charge in [0, 0.05) is 11.8 Å². The fourth-order valence-electron chi connectivity index (χ4n) is 2.65. The molecule has 0 saturated heterocycles. The molecule has 2 aromatic carbocycles. The van der Waals surface area contributed by atoms with Crippen LogP contribution in [0.25, 0.3) is 0 Å². The van der Waals surface area contributed by atoms with E-state index in [0.29, 0.717) is 12.2 Å². The molecule has 3 rings (SSSR count). The average molecular weight is 387 g/mol. The number of hydrogen-bond donors (Lipinski definition) is 1. The first-order chi connectivity index (χ1) is 13.5. The number of alkyl halides is 2. The Morgan fingerprint density at radius 2 is 1.93 bits per heavy atom. The maximum absolute atomic E-state index is 12.5. The van der Waals surface area contributed by atoms with Gasteiger partial charge in [-0.2, -0.15) is 13.8 Å². The fraction of sp³-hybridized carbons (Fsp3) is 0.200. The molecule has 3 aromatic rings. The number of methoxy groups -OCH3 is 1. The third kappa shape index (κ3) is 4.64. The van der Waals surface area contributed by atoms with Crippen LogP contribution in [-0.2, 0) is 6.54 Å². The monoisotopic (exact) mass is 387 g/mol. The van der Waals surface area contributed by atoms with Crippen molar-refractivity contribution in [1.29, 1.82) is 0 Å². The summed E-state index contributed by atoms with van der Waals surface area (Å²) in [4.78, 5) is 16.2. The molecular weight excluding hydrogens is 368 g/mol. The molecule has 6 nitrogen and oxygen atoms in total. The molecule has 0 saturated carbocycles. The summed E-state index contributed by atoms with van der Waals surface area (Å²) in [5.74, 6) is 0.369. The summed E-state index contributed by atoms with van der Waals surface area (Å²) in [6.07, 6.45) is 1.56. The second kappa shape index (κ2) is 8.51. The van der Waals surface area contributed by atoms with Crippen molar-refractivity contribution in [3.8, 4) is 11.5 Å². The molecule has 0 amide bonds. The molecule has 1 aromatic heterocycles. The van der Waals surface area contributed by atoms with E-state index in [1.54, 1.807) is 23.8 Å². The van der Waals surface area contributed by atoms with Crippen LogP contribution in [0, 0.1) is 6.92 Å². The van der Waals surface area contributed by atoms with Gasteiger partial charge < -0.3 is 19.4 Å². The van der Waals surface area contributed by atoms with Crippen LogP contribution in [0.3, 0.4) is 0 Å². The number of nitrogens with one attached hydrogen (secondary N) is 1. The molecule has 0 fully saturated rings. The Balaban J connectivity index is 1.99. The SMILES string of the molecule is COc1cn(Cc2ccccc2)c(Nc2cc(OC(F)F)ccc2C)nc1=O. The van der Waals surface area contributed by atoms with Crippen molar-refractivity contribution in [1.82, 2.24) is 9.55 Å². The van der Waals surface area contributed by atoms with Gasteiger partial charge in [0.25, 0.3) is 0 Å². The third-order valence-electron chi connectivity index (χ3n) is 4.06. The van der Waals surface area contributed by atoms with Crippen LogP contribution in [0.4, 0.5) is 20.4 Å². The maximum Gasteiger partial charge on any atom is 0.387 e. The molecule has 0 atom stereocenters. The molecule has 1 heterocycles. The van der Waals surface area contributed by atoms with Crippen LogP contribution >= 0.6 is 0 Å². The number of benzene rings is 2. The van der Waals surface area contributed by atoms with Gasteiger partial charge in [-0.3, -0.25) is 4.79 Å². The smallest absolute Gasteiger partial charge is 0.387 e. The molecule has 1 N–H and O–H groups in total. The summed E-state index contributed by atoms with van der Waals surface area (Å²) in [6, 6.07) is 14.1. The van der Waals surface area contributed by atoms with Crippen LogP contribution in [0.2, 0.25) is 0 Å². The highest BCUT2D eigenvalue weighted by molar-refractivity contribution is 5.61. The summed E-state index contributed by atoms with van der Waals surface area (Å²) >= 11 is 0. The fourth-order valence-corrected chi connectivity index (χ4v) is 2.65. The number of halogens is 2. The zero-order valence-corrected chi connectivity index (χ0v) is 15.4. The second-order valence-corrected chi connectivity index (χ2v) is 6.03. The lowest BCUT2D eigenvalue weighted by Crippen LogP contribution is -2.19. The number of anilines is 2. The number of nitrogens with zero attached hydrogens (tertiary/aromatic N) is 2. The van der Waals surface area contributed by atoms with E-state index in [4.69, 9.17) is 4.74 Å². The van der Waals surface area contributed by atoms with E-state index in [9.17, 15) is 13.6 Å². The first kappa shape index (κ1) is 19.3. The van der Waals surface area contributed by atoms with E-state index in [1.165, 1.54) is 19.2 Å². The summed E-state index contributed by atoms with van der Waals surface area (Å²) in [5, 5.41) is 3.04. The summed E-state index contributed by atoms with van der Waals surface area (Å²) in [7, 11) is 1.40. The topological polar surface area (TPSA) is 65.4 Å². The predicted molar refractivity (Wildman–Crippen MR) is 102 cm³/mol. The summed E-state index contributed by atoms with van der Waals surface area (Å²) < 4.78 is 36.3. The highest BCUT2D eigenvalue weighted by atomic mass is 19.3. The van der Waals surface area contributed by atoms with Gasteiger partial charge in [-0.15, -0.1) is 0 Å². The van der Waals surface area contributed by atoms with E-state index in [-0.39, 0.29) is 17.4 Å². The van der Waals surface area contributed by atoms with Gasteiger partial charge in [0.05, 0.1) is 19.9 Å². The highest BCUT2D eigenvalue weighted by Crippen LogP contribution is 2.26. The lowest BCUT2D eigenvalue weighted by molar-refractivity contribution is -0.0498. The van der Waals surface area contributed by atoms with Crippen LogP contribution < -0.4 is 20.3 Å². The molecule has 28 heavy (non-hydrogen) atoms. The Hall–Kier alpha value is -3.42. The van der Waals surface area contributed by atoms with Gasteiger partial charge >= 0.3 is 12.2 Å². The van der Waals surface area contributed by atoms with E-state index >= 15 is 0 Å². The molecule has 0 aliphatic heterocycles. The van der Waals surface area contributed by atoms with Crippen LogP contribution in [0.15, 0.2) is 59.5 Å². The van der Waals surface area contributed by atoms with Gasteiger partial charge in [0.2, 0.25) is 11.7 Å². The standard InChI is InChI=1S/C20H19F2N3O3/c1-13-8-9-15(28-19(21)22)10-16(13)23-20-24-18(26)17(27-2)12-25(20)11-14-6-4-3-5-7-14/h3-10,12,19H,11H2,1-2H3,(H,23,24,26). The Morgan fingerprint density at radius 3 is 2.61 bits per heavy atom. The molecule has 0 bridgehead atoms. The Kier molecular flexibility index (Phi) is 5.88. The van der Waals surface area contributed by atoms with Crippen molar-refractivity contribution in [2.45, 2.75) is 20.1 Å². The van der Waals surface area contributed by atoms with Crippen LogP contribution in [-0.4, -0.2) is 23.3 Å². The van der Waals surface area contributed by atoms with Gasteiger partial charge in [-0.1, -0.05) is 36.4 Å².